The molecule has 0 aliphatic heterocycles. The second-order valence-corrected chi connectivity index (χ2v) is 4.75. The first-order valence-corrected chi connectivity index (χ1v) is 5.68. The number of alkyl halides is 2. The Morgan fingerprint density at radius 3 is 2.79 bits per heavy atom. The van der Waals surface area contributed by atoms with Gasteiger partial charge in [-0.3, -0.25) is 10.00 Å². The van der Waals surface area contributed by atoms with Crippen LogP contribution in [0.5, 0.6) is 0 Å². The van der Waals surface area contributed by atoms with Crippen LogP contribution in [0.3, 0.4) is 0 Å². The number of ether oxygens (including phenoxy) is 2. The third-order valence-electron chi connectivity index (χ3n) is 1.84. The topological polar surface area (TPSA) is 65.4 Å². The lowest BCUT2D eigenvalue weighted by Crippen LogP contribution is -2.27. The Balaban J connectivity index is 2.40. The Labute approximate surface area is 109 Å². The maximum Gasteiger partial charge on any atom is 0.412 e. The molecule has 1 N–H and O–H groups in total. The number of nitrogens with zero attached hydrogens (tertiary/aromatic N) is 2. The fraction of sp³-hybridized carbons (Fsp3) is 0.636. The predicted octanol–water partition coefficient (Wildman–Crippen LogP) is 2.47. The number of rotatable bonds is 5. The highest BCUT2D eigenvalue weighted by atomic mass is 19.3. The van der Waals surface area contributed by atoms with Gasteiger partial charge >= 0.3 is 12.7 Å². The van der Waals surface area contributed by atoms with Gasteiger partial charge in [-0.2, -0.15) is 13.9 Å². The summed E-state index contributed by atoms with van der Waals surface area (Å²) < 4.78 is 34.0. The van der Waals surface area contributed by atoms with Gasteiger partial charge in [0, 0.05) is 6.20 Å². The summed E-state index contributed by atoms with van der Waals surface area (Å²) in [6.45, 7) is 2.45. The summed E-state index contributed by atoms with van der Waals surface area (Å²) in [5.74, 6) is 0. The molecule has 6 nitrogen and oxygen atoms in total. The van der Waals surface area contributed by atoms with Gasteiger partial charge in [0.1, 0.15) is 5.60 Å². The van der Waals surface area contributed by atoms with Crippen LogP contribution < -0.4 is 5.32 Å². The second-order valence-electron chi connectivity index (χ2n) is 4.75. The zero-order valence-corrected chi connectivity index (χ0v) is 11.0. The molecule has 0 saturated heterocycles. The summed E-state index contributed by atoms with van der Waals surface area (Å²) >= 11 is 0. The minimum Gasteiger partial charge on any atom is -0.444 e. The molecule has 0 atom stereocenters. The van der Waals surface area contributed by atoms with E-state index in [2.05, 4.69) is 15.2 Å². The van der Waals surface area contributed by atoms with E-state index in [1.807, 2.05) is 0 Å². The molecule has 0 spiro atoms. The number of hydrogen-bond donors (Lipinski definition) is 1. The predicted molar refractivity (Wildman–Crippen MR) is 64.0 cm³/mol. The molecule has 0 aromatic carbocycles. The average molecular weight is 277 g/mol. The largest absolute Gasteiger partial charge is 0.444 e. The number of aromatic nitrogens is 2. The fourth-order valence-corrected chi connectivity index (χ4v) is 1.21. The van der Waals surface area contributed by atoms with Crippen LogP contribution >= 0.6 is 0 Å². The maximum atomic E-state index is 11.7. The van der Waals surface area contributed by atoms with Gasteiger partial charge in [0.25, 0.3) is 0 Å². The fourth-order valence-electron chi connectivity index (χ4n) is 1.21. The number of carbonyl (C=O) groups excluding carboxylic acids is 1. The lowest BCUT2D eigenvalue weighted by atomic mass is 10.2. The van der Waals surface area contributed by atoms with E-state index in [-0.39, 0.29) is 13.2 Å². The van der Waals surface area contributed by atoms with Crippen molar-refractivity contribution in [2.75, 3.05) is 11.9 Å². The van der Waals surface area contributed by atoms with Gasteiger partial charge < -0.3 is 9.47 Å². The molecule has 0 aliphatic carbocycles. The second kappa shape index (κ2) is 6.46. The molecule has 108 valence electrons. The highest BCUT2D eigenvalue weighted by molar-refractivity contribution is 5.84. The minimum absolute atomic E-state index is 0.161. The zero-order valence-electron chi connectivity index (χ0n) is 11.0. The Morgan fingerprint density at radius 1 is 1.53 bits per heavy atom. The normalized spacial score (nSPS) is 11.7. The molecule has 8 heteroatoms. The molecule has 0 saturated carbocycles. The number of nitrogens with one attached hydrogen (secondary N) is 1. The van der Waals surface area contributed by atoms with Crippen molar-refractivity contribution in [3.8, 4) is 0 Å². The van der Waals surface area contributed by atoms with Crippen molar-refractivity contribution in [2.24, 2.45) is 0 Å². The van der Waals surface area contributed by atoms with Crippen LogP contribution in [0.25, 0.3) is 0 Å². The number of carbonyl (C=O) groups is 1. The lowest BCUT2D eigenvalue weighted by molar-refractivity contribution is -0.130. The third-order valence-corrected chi connectivity index (χ3v) is 1.84. The summed E-state index contributed by atoms with van der Waals surface area (Å²) in [6.07, 6.45) is 2.29. The van der Waals surface area contributed by atoms with Crippen LogP contribution in [-0.4, -0.2) is 34.7 Å². The summed E-state index contributed by atoms with van der Waals surface area (Å²) in [5, 5.41) is 6.37. The van der Waals surface area contributed by atoms with Crippen LogP contribution in [0.15, 0.2) is 12.4 Å². The van der Waals surface area contributed by atoms with Crippen molar-refractivity contribution >= 4 is 11.8 Å². The van der Waals surface area contributed by atoms with Crippen LogP contribution in [-0.2, 0) is 16.0 Å². The molecule has 19 heavy (non-hydrogen) atoms. The minimum atomic E-state index is -2.80. The van der Waals surface area contributed by atoms with Crippen LogP contribution in [0.2, 0.25) is 0 Å². The number of halogens is 2. The molecule has 1 amide bonds. The van der Waals surface area contributed by atoms with E-state index in [1.54, 1.807) is 20.8 Å². The molecule has 1 aromatic heterocycles. The van der Waals surface area contributed by atoms with Gasteiger partial charge in [-0.05, 0) is 20.8 Å². The standard InChI is InChI=1S/C11H17F2N3O3/c1-11(2,3)19-10(17)15-8-6-14-16(7-8)4-5-18-9(12)13/h6-7,9H,4-5H2,1-3H3,(H,15,17). The highest BCUT2D eigenvalue weighted by Crippen LogP contribution is 2.11. The van der Waals surface area contributed by atoms with Crippen molar-refractivity contribution < 1.29 is 23.0 Å². The summed E-state index contributed by atoms with van der Waals surface area (Å²) in [5.41, 5.74) is -0.170. The molecule has 0 aliphatic rings. The Bertz CT molecular complexity index is 416. The van der Waals surface area contributed by atoms with E-state index >= 15 is 0 Å². The third kappa shape index (κ3) is 6.70. The first kappa shape index (κ1) is 15.4. The number of amides is 1. The smallest absolute Gasteiger partial charge is 0.412 e. The molecular weight excluding hydrogens is 260 g/mol. The molecule has 0 radical (unpaired) electrons. The zero-order chi connectivity index (χ0) is 14.5. The summed E-state index contributed by atoms with van der Waals surface area (Å²) in [6, 6.07) is 0. The SMILES string of the molecule is CC(C)(C)OC(=O)Nc1cnn(CCOC(F)F)c1. The molecular formula is C11H17F2N3O3. The molecule has 0 unspecified atom stereocenters. The van der Waals surface area contributed by atoms with E-state index in [9.17, 15) is 13.6 Å². The lowest BCUT2D eigenvalue weighted by Gasteiger charge is -2.19. The van der Waals surface area contributed by atoms with Gasteiger partial charge in [0.05, 0.1) is 25.0 Å². The van der Waals surface area contributed by atoms with Gasteiger partial charge in [0.2, 0.25) is 0 Å². The van der Waals surface area contributed by atoms with E-state index in [4.69, 9.17) is 4.74 Å². The van der Waals surface area contributed by atoms with Crippen LogP contribution in [0.1, 0.15) is 20.8 Å². The van der Waals surface area contributed by atoms with Crippen molar-refractivity contribution in [3.63, 3.8) is 0 Å². The quantitative estimate of drug-likeness (QED) is 0.898. The molecule has 0 bridgehead atoms. The van der Waals surface area contributed by atoms with Gasteiger partial charge in [0.15, 0.2) is 0 Å². The summed E-state index contributed by atoms with van der Waals surface area (Å²) in [7, 11) is 0. The Kier molecular flexibility index (Phi) is 5.22. The monoisotopic (exact) mass is 277 g/mol. The van der Waals surface area contributed by atoms with Crippen molar-refractivity contribution in [1.29, 1.82) is 0 Å². The van der Waals surface area contributed by atoms with Crippen LogP contribution in [0.4, 0.5) is 19.3 Å². The van der Waals surface area contributed by atoms with Crippen molar-refractivity contribution in [1.82, 2.24) is 9.78 Å². The number of hydrogen-bond acceptors (Lipinski definition) is 4. The Morgan fingerprint density at radius 2 is 2.21 bits per heavy atom. The summed E-state index contributed by atoms with van der Waals surface area (Å²) in [4.78, 5) is 11.4. The van der Waals surface area contributed by atoms with Gasteiger partial charge in [-0.15, -0.1) is 0 Å². The number of anilines is 1. The molecule has 1 heterocycles. The van der Waals surface area contributed by atoms with E-state index in [0.29, 0.717) is 5.69 Å². The first-order valence-electron chi connectivity index (χ1n) is 5.68. The van der Waals surface area contributed by atoms with E-state index < -0.39 is 18.3 Å². The molecule has 1 aromatic rings. The van der Waals surface area contributed by atoms with Gasteiger partial charge in [-0.25, -0.2) is 4.79 Å². The van der Waals surface area contributed by atoms with E-state index in [1.165, 1.54) is 17.1 Å². The maximum absolute atomic E-state index is 11.7. The highest BCUT2D eigenvalue weighted by Gasteiger charge is 2.16. The molecule has 1 rings (SSSR count). The van der Waals surface area contributed by atoms with Crippen molar-refractivity contribution in [3.05, 3.63) is 12.4 Å². The Hall–Kier alpha value is -1.70. The first-order chi connectivity index (χ1) is 8.76. The average Bonchev–Trinajstić information content (AvgIpc) is 2.61. The van der Waals surface area contributed by atoms with Crippen molar-refractivity contribution in [2.45, 2.75) is 39.5 Å². The van der Waals surface area contributed by atoms with Gasteiger partial charge in [-0.1, -0.05) is 0 Å². The molecule has 0 fully saturated rings. The van der Waals surface area contributed by atoms with E-state index in [0.717, 1.165) is 0 Å². The van der Waals surface area contributed by atoms with Crippen LogP contribution in [0, 0.1) is 0 Å².